The zero-order valence-electron chi connectivity index (χ0n) is 8.47. The van der Waals surface area contributed by atoms with Gasteiger partial charge in [0.1, 0.15) is 0 Å². The van der Waals surface area contributed by atoms with Crippen LogP contribution in [-0.2, 0) is 5.41 Å². The van der Waals surface area contributed by atoms with Crippen molar-refractivity contribution in [2.75, 3.05) is 0 Å². The first-order chi connectivity index (χ1) is 5.41. The molecular formula is C10H16N2. The van der Waals surface area contributed by atoms with Gasteiger partial charge in [0.25, 0.3) is 0 Å². The Bertz CT molecular complexity index is 284. The van der Waals surface area contributed by atoms with E-state index in [4.69, 9.17) is 0 Å². The lowest BCUT2D eigenvalue weighted by atomic mass is 9.86. The average Bonchev–Trinajstić information content (AvgIpc) is 1.92. The molecule has 1 aromatic heterocycles. The standard InChI is InChI=1S/C10H16N2/c1-7-6-9(10(3,4)5)8(2)12-11-7/h6H,1-5H3. The summed E-state index contributed by atoms with van der Waals surface area (Å²) in [6.45, 7) is 10.6. The van der Waals surface area contributed by atoms with E-state index in [-0.39, 0.29) is 5.41 Å². The van der Waals surface area contributed by atoms with E-state index in [1.807, 2.05) is 13.8 Å². The van der Waals surface area contributed by atoms with Crippen molar-refractivity contribution in [3.63, 3.8) is 0 Å². The number of hydrogen-bond donors (Lipinski definition) is 0. The summed E-state index contributed by atoms with van der Waals surface area (Å²) in [5.74, 6) is 0. The molecule has 1 rings (SSSR count). The highest BCUT2D eigenvalue weighted by molar-refractivity contribution is 5.26. The van der Waals surface area contributed by atoms with E-state index < -0.39 is 0 Å². The number of aromatic nitrogens is 2. The van der Waals surface area contributed by atoms with E-state index in [2.05, 4.69) is 37.0 Å². The number of nitrogens with zero attached hydrogens (tertiary/aromatic N) is 2. The number of aryl methyl sites for hydroxylation is 2. The van der Waals surface area contributed by atoms with Crippen LogP contribution in [0.4, 0.5) is 0 Å². The number of hydrogen-bond acceptors (Lipinski definition) is 2. The molecule has 66 valence electrons. The zero-order chi connectivity index (χ0) is 9.35. The second-order valence-electron chi connectivity index (χ2n) is 4.23. The second kappa shape index (κ2) is 2.85. The van der Waals surface area contributed by atoms with Gasteiger partial charge in [0.2, 0.25) is 0 Å². The molecule has 2 heteroatoms. The van der Waals surface area contributed by atoms with Crippen LogP contribution in [0.15, 0.2) is 6.07 Å². The van der Waals surface area contributed by atoms with E-state index in [0.29, 0.717) is 0 Å². The van der Waals surface area contributed by atoms with Gasteiger partial charge in [-0.25, -0.2) is 0 Å². The summed E-state index contributed by atoms with van der Waals surface area (Å²) in [5, 5.41) is 8.10. The van der Waals surface area contributed by atoms with Crippen molar-refractivity contribution in [2.24, 2.45) is 0 Å². The molecule has 0 aliphatic carbocycles. The third-order valence-electron chi connectivity index (χ3n) is 1.91. The van der Waals surface area contributed by atoms with Crippen LogP contribution in [0.5, 0.6) is 0 Å². The van der Waals surface area contributed by atoms with Gasteiger partial charge in [-0.05, 0) is 30.9 Å². The van der Waals surface area contributed by atoms with Crippen molar-refractivity contribution in [3.05, 3.63) is 23.0 Å². The predicted octanol–water partition coefficient (Wildman–Crippen LogP) is 2.39. The second-order valence-corrected chi connectivity index (χ2v) is 4.23. The van der Waals surface area contributed by atoms with Gasteiger partial charge in [0.05, 0.1) is 11.4 Å². The third kappa shape index (κ3) is 1.81. The van der Waals surface area contributed by atoms with Crippen LogP contribution < -0.4 is 0 Å². The summed E-state index contributed by atoms with van der Waals surface area (Å²) in [7, 11) is 0. The highest BCUT2D eigenvalue weighted by Crippen LogP contribution is 2.23. The van der Waals surface area contributed by atoms with Gasteiger partial charge in [-0.15, -0.1) is 0 Å². The molecule has 0 bridgehead atoms. The van der Waals surface area contributed by atoms with Crippen molar-refractivity contribution in [2.45, 2.75) is 40.0 Å². The average molecular weight is 164 g/mol. The van der Waals surface area contributed by atoms with Gasteiger partial charge in [-0.1, -0.05) is 20.8 Å². The molecule has 0 radical (unpaired) electrons. The normalized spacial score (nSPS) is 11.8. The van der Waals surface area contributed by atoms with Crippen molar-refractivity contribution in [3.8, 4) is 0 Å². The molecule has 0 aliphatic rings. The maximum absolute atomic E-state index is 4.10. The molecule has 12 heavy (non-hydrogen) atoms. The van der Waals surface area contributed by atoms with Gasteiger partial charge in [-0.3, -0.25) is 0 Å². The molecule has 0 saturated carbocycles. The van der Waals surface area contributed by atoms with E-state index >= 15 is 0 Å². The fourth-order valence-corrected chi connectivity index (χ4v) is 1.31. The Kier molecular flexibility index (Phi) is 2.18. The molecular weight excluding hydrogens is 148 g/mol. The van der Waals surface area contributed by atoms with Crippen LogP contribution in [0.2, 0.25) is 0 Å². The quantitative estimate of drug-likeness (QED) is 0.588. The molecule has 0 atom stereocenters. The Balaban J connectivity index is 3.23. The van der Waals surface area contributed by atoms with Crippen molar-refractivity contribution in [1.82, 2.24) is 10.2 Å². The van der Waals surface area contributed by atoms with Gasteiger partial charge in [-0.2, -0.15) is 10.2 Å². The summed E-state index contributed by atoms with van der Waals surface area (Å²) < 4.78 is 0. The Hall–Kier alpha value is -0.920. The lowest BCUT2D eigenvalue weighted by Crippen LogP contribution is -2.15. The molecule has 0 amide bonds. The summed E-state index contributed by atoms with van der Waals surface area (Å²) >= 11 is 0. The zero-order valence-corrected chi connectivity index (χ0v) is 8.47. The van der Waals surface area contributed by atoms with Crippen molar-refractivity contribution < 1.29 is 0 Å². The summed E-state index contributed by atoms with van der Waals surface area (Å²) in [6, 6.07) is 2.11. The molecule has 0 unspecified atom stereocenters. The first-order valence-electron chi connectivity index (χ1n) is 4.22. The Labute approximate surface area is 74.0 Å². The summed E-state index contributed by atoms with van der Waals surface area (Å²) in [4.78, 5) is 0. The topological polar surface area (TPSA) is 25.8 Å². The maximum Gasteiger partial charge on any atom is 0.0637 e. The minimum Gasteiger partial charge on any atom is -0.156 e. The number of rotatable bonds is 0. The molecule has 0 aliphatic heterocycles. The lowest BCUT2D eigenvalue weighted by Gasteiger charge is -2.20. The fraction of sp³-hybridized carbons (Fsp3) is 0.600. The van der Waals surface area contributed by atoms with Crippen LogP contribution >= 0.6 is 0 Å². The van der Waals surface area contributed by atoms with Gasteiger partial charge < -0.3 is 0 Å². The molecule has 0 fully saturated rings. The Morgan fingerprint density at radius 2 is 1.67 bits per heavy atom. The van der Waals surface area contributed by atoms with E-state index in [1.165, 1.54) is 5.56 Å². The third-order valence-corrected chi connectivity index (χ3v) is 1.91. The van der Waals surface area contributed by atoms with Gasteiger partial charge in [0.15, 0.2) is 0 Å². The molecule has 0 aromatic carbocycles. The van der Waals surface area contributed by atoms with Crippen LogP contribution in [0.1, 0.15) is 37.7 Å². The molecule has 0 spiro atoms. The lowest BCUT2D eigenvalue weighted by molar-refractivity contribution is 0.577. The van der Waals surface area contributed by atoms with Crippen molar-refractivity contribution in [1.29, 1.82) is 0 Å². The minimum absolute atomic E-state index is 0.171. The smallest absolute Gasteiger partial charge is 0.0637 e. The molecule has 2 nitrogen and oxygen atoms in total. The minimum atomic E-state index is 0.171. The SMILES string of the molecule is Cc1cc(C(C)(C)C)c(C)nn1. The molecule has 0 N–H and O–H groups in total. The molecule has 1 aromatic rings. The summed E-state index contributed by atoms with van der Waals surface area (Å²) in [5.41, 5.74) is 3.48. The predicted molar refractivity (Wildman–Crippen MR) is 50.2 cm³/mol. The molecule has 0 saturated heterocycles. The highest BCUT2D eigenvalue weighted by atomic mass is 15.1. The monoisotopic (exact) mass is 164 g/mol. The first kappa shape index (κ1) is 9.17. The van der Waals surface area contributed by atoms with E-state index in [1.54, 1.807) is 0 Å². The highest BCUT2D eigenvalue weighted by Gasteiger charge is 2.17. The largest absolute Gasteiger partial charge is 0.156 e. The van der Waals surface area contributed by atoms with Crippen LogP contribution in [0, 0.1) is 13.8 Å². The van der Waals surface area contributed by atoms with Crippen molar-refractivity contribution >= 4 is 0 Å². The maximum atomic E-state index is 4.10. The summed E-state index contributed by atoms with van der Waals surface area (Å²) in [6.07, 6.45) is 0. The first-order valence-corrected chi connectivity index (χ1v) is 4.22. The van der Waals surface area contributed by atoms with Crippen LogP contribution in [0.25, 0.3) is 0 Å². The van der Waals surface area contributed by atoms with E-state index in [0.717, 1.165) is 11.4 Å². The molecule has 1 heterocycles. The Morgan fingerprint density at radius 3 is 2.08 bits per heavy atom. The van der Waals surface area contributed by atoms with Crippen LogP contribution in [0.3, 0.4) is 0 Å². The van der Waals surface area contributed by atoms with E-state index in [9.17, 15) is 0 Å². The Morgan fingerprint density at radius 1 is 1.08 bits per heavy atom. The van der Waals surface area contributed by atoms with Gasteiger partial charge in [0, 0.05) is 0 Å². The van der Waals surface area contributed by atoms with Crippen LogP contribution in [-0.4, -0.2) is 10.2 Å². The van der Waals surface area contributed by atoms with Gasteiger partial charge >= 0.3 is 0 Å². The fourth-order valence-electron chi connectivity index (χ4n) is 1.31.